The number of ether oxygens (including phenoxy) is 2. The molecule has 0 spiro atoms. The largest absolute Gasteiger partial charge is 0.497 e. The second kappa shape index (κ2) is 14.0. The standard InChI is InChI=1S/C31H39N3O6S/c1-7-40-28-16-12-26(13-17-28)34(41(37,38)29-18-8-23(4)9-19-29)21-30(35)33(24(5)31(36)32-22(2)3)20-25-10-14-27(39-6)15-11-25/h8-19,22,24H,7,20-21H2,1-6H3,(H,32,36). The number of methoxy groups -OCH3 is 1. The number of carbonyl (C=O) groups is 2. The lowest BCUT2D eigenvalue weighted by Gasteiger charge is -2.32. The predicted octanol–water partition coefficient (Wildman–Crippen LogP) is 4.54. The van der Waals surface area contributed by atoms with Gasteiger partial charge in [-0.05, 0) is 88.7 Å². The average molecular weight is 582 g/mol. The summed E-state index contributed by atoms with van der Waals surface area (Å²) in [7, 11) is -2.58. The Hall–Kier alpha value is -4.05. The van der Waals surface area contributed by atoms with Crippen molar-refractivity contribution in [2.45, 2.75) is 58.1 Å². The third-order valence-electron chi connectivity index (χ3n) is 6.43. The number of rotatable bonds is 13. The second-order valence-electron chi connectivity index (χ2n) is 9.96. The van der Waals surface area contributed by atoms with Gasteiger partial charge in [-0.3, -0.25) is 13.9 Å². The molecule has 0 bridgehead atoms. The summed E-state index contributed by atoms with van der Waals surface area (Å²) < 4.78 is 39.7. The van der Waals surface area contributed by atoms with Gasteiger partial charge in [0.05, 0.1) is 24.3 Å². The van der Waals surface area contributed by atoms with Gasteiger partial charge in [0.25, 0.3) is 10.0 Å². The van der Waals surface area contributed by atoms with E-state index in [2.05, 4.69) is 5.32 Å². The van der Waals surface area contributed by atoms with Crippen LogP contribution in [-0.2, 0) is 26.2 Å². The Bertz CT molecular complexity index is 1410. The van der Waals surface area contributed by atoms with E-state index in [9.17, 15) is 18.0 Å². The Kier molecular flexibility index (Phi) is 10.8. The Balaban J connectivity index is 2.02. The lowest BCUT2D eigenvalue weighted by Crippen LogP contribution is -2.52. The summed E-state index contributed by atoms with van der Waals surface area (Å²) in [6.07, 6.45) is 0. The van der Waals surface area contributed by atoms with Crippen LogP contribution < -0.4 is 19.1 Å². The van der Waals surface area contributed by atoms with Gasteiger partial charge in [-0.15, -0.1) is 0 Å². The normalized spacial score (nSPS) is 12.0. The van der Waals surface area contributed by atoms with Crippen molar-refractivity contribution in [3.8, 4) is 11.5 Å². The molecule has 0 aliphatic rings. The summed E-state index contributed by atoms with van der Waals surface area (Å²) in [6, 6.07) is 19.1. The van der Waals surface area contributed by atoms with Crippen molar-refractivity contribution in [1.29, 1.82) is 0 Å². The van der Waals surface area contributed by atoms with Gasteiger partial charge in [0.1, 0.15) is 24.1 Å². The fourth-order valence-electron chi connectivity index (χ4n) is 4.16. The maximum atomic E-state index is 14.0. The lowest BCUT2D eigenvalue weighted by molar-refractivity contribution is -0.139. The molecule has 41 heavy (non-hydrogen) atoms. The van der Waals surface area contributed by atoms with Gasteiger partial charge < -0.3 is 19.7 Å². The van der Waals surface area contributed by atoms with Gasteiger partial charge in [0, 0.05) is 12.6 Å². The number of sulfonamides is 1. The first-order valence-electron chi connectivity index (χ1n) is 13.5. The smallest absolute Gasteiger partial charge is 0.264 e. The van der Waals surface area contributed by atoms with Crippen LogP contribution in [0.25, 0.3) is 0 Å². The van der Waals surface area contributed by atoms with Gasteiger partial charge in [0.2, 0.25) is 11.8 Å². The Morgan fingerprint density at radius 2 is 1.46 bits per heavy atom. The monoisotopic (exact) mass is 581 g/mol. The lowest BCUT2D eigenvalue weighted by atomic mass is 10.1. The third kappa shape index (κ3) is 8.23. The van der Waals surface area contributed by atoms with Crippen molar-refractivity contribution in [3.63, 3.8) is 0 Å². The summed E-state index contributed by atoms with van der Waals surface area (Å²) >= 11 is 0. The van der Waals surface area contributed by atoms with Crippen molar-refractivity contribution < 1.29 is 27.5 Å². The molecule has 220 valence electrons. The minimum atomic E-state index is -4.14. The van der Waals surface area contributed by atoms with Crippen LogP contribution in [0.4, 0.5) is 5.69 Å². The molecular weight excluding hydrogens is 542 g/mol. The van der Waals surface area contributed by atoms with Gasteiger partial charge >= 0.3 is 0 Å². The molecule has 9 nitrogen and oxygen atoms in total. The second-order valence-corrected chi connectivity index (χ2v) is 11.8. The first kappa shape index (κ1) is 31.5. The van der Waals surface area contributed by atoms with Gasteiger partial charge in [-0.1, -0.05) is 29.8 Å². The van der Waals surface area contributed by atoms with Crippen LogP contribution in [0, 0.1) is 6.92 Å². The number of anilines is 1. The quantitative estimate of drug-likeness (QED) is 0.318. The van der Waals surface area contributed by atoms with E-state index < -0.39 is 28.5 Å². The van der Waals surface area contributed by atoms with Crippen molar-refractivity contribution in [2.75, 3.05) is 24.6 Å². The number of benzene rings is 3. The van der Waals surface area contributed by atoms with Crippen LogP contribution in [0.1, 0.15) is 38.8 Å². The van der Waals surface area contributed by atoms with Crippen LogP contribution in [0.5, 0.6) is 11.5 Å². The van der Waals surface area contributed by atoms with Crippen LogP contribution >= 0.6 is 0 Å². The first-order chi connectivity index (χ1) is 19.5. The Labute approximate surface area is 243 Å². The number of hydrogen-bond acceptors (Lipinski definition) is 6. The molecule has 0 fully saturated rings. The molecule has 3 aromatic carbocycles. The van der Waals surface area contributed by atoms with E-state index in [4.69, 9.17) is 9.47 Å². The molecule has 0 radical (unpaired) electrons. The van der Waals surface area contributed by atoms with E-state index in [1.807, 2.05) is 27.7 Å². The molecule has 1 atom stereocenters. The van der Waals surface area contributed by atoms with Crippen LogP contribution in [0.15, 0.2) is 77.7 Å². The highest BCUT2D eigenvalue weighted by Gasteiger charge is 2.32. The molecule has 1 unspecified atom stereocenters. The number of nitrogens with zero attached hydrogens (tertiary/aromatic N) is 2. The zero-order chi connectivity index (χ0) is 30.2. The molecule has 3 rings (SSSR count). The summed E-state index contributed by atoms with van der Waals surface area (Å²) in [6.45, 7) is 9.06. The number of aryl methyl sites for hydroxylation is 1. The highest BCUT2D eigenvalue weighted by atomic mass is 32.2. The van der Waals surface area contributed by atoms with E-state index >= 15 is 0 Å². The topological polar surface area (TPSA) is 105 Å². The maximum absolute atomic E-state index is 14.0. The van der Waals surface area contributed by atoms with Crippen LogP contribution in [-0.4, -0.2) is 57.5 Å². The molecule has 1 N–H and O–H groups in total. The number of nitrogens with one attached hydrogen (secondary N) is 1. The molecule has 0 aromatic heterocycles. The van der Waals surface area contributed by atoms with E-state index in [0.29, 0.717) is 23.8 Å². The average Bonchev–Trinajstić information content (AvgIpc) is 2.95. The van der Waals surface area contributed by atoms with Gasteiger partial charge in [-0.2, -0.15) is 0 Å². The Morgan fingerprint density at radius 1 is 0.878 bits per heavy atom. The highest BCUT2D eigenvalue weighted by molar-refractivity contribution is 7.92. The third-order valence-corrected chi connectivity index (χ3v) is 8.22. The molecular formula is C31H39N3O6S. The molecule has 0 saturated heterocycles. The van der Waals surface area contributed by atoms with E-state index in [1.165, 1.54) is 17.0 Å². The van der Waals surface area contributed by atoms with Crippen molar-refractivity contribution in [2.24, 2.45) is 0 Å². The molecule has 0 saturated carbocycles. The predicted molar refractivity (Wildman–Crippen MR) is 160 cm³/mol. The molecule has 2 amide bonds. The summed E-state index contributed by atoms with van der Waals surface area (Å²) in [5, 5.41) is 2.85. The number of carbonyl (C=O) groups excluding carboxylic acids is 2. The van der Waals surface area contributed by atoms with Crippen molar-refractivity contribution in [1.82, 2.24) is 10.2 Å². The summed E-state index contributed by atoms with van der Waals surface area (Å²) in [4.78, 5) is 28.4. The maximum Gasteiger partial charge on any atom is 0.264 e. The highest BCUT2D eigenvalue weighted by Crippen LogP contribution is 2.27. The van der Waals surface area contributed by atoms with Crippen LogP contribution in [0.3, 0.4) is 0 Å². The number of amides is 2. The van der Waals surface area contributed by atoms with Crippen molar-refractivity contribution in [3.05, 3.63) is 83.9 Å². The summed E-state index contributed by atoms with van der Waals surface area (Å²) in [5.74, 6) is 0.367. The molecule has 0 aliphatic carbocycles. The Morgan fingerprint density at radius 3 is 2.00 bits per heavy atom. The van der Waals surface area contributed by atoms with Crippen LogP contribution in [0.2, 0.25) is 0 Å². The minimum absolute atomic E-state index is 0.0529. The zero-order valence-electron chi connectivity index (χ0n) is 24.5. The first-order valence-corrected chi connectivity index (χ1v) is 14.9. The zero-order valence-corrected chi connectivity index (χ0v) is 25.3. The fraction of sp³-hybridized carbons (Fsp3) is 0.355. The molecule has 0 aliphatic heterocycles. The van der Waals surface area contributed by atoms with E-state index in [-0.39, 0.29) is 23.4 Å². The van der Waals surface area contributed by atoms with E-state index in [0.717, 1.165) is 15.4 Å². The molecule has 0 heterocycles. The minimum Gasteiger partial charge on any atom is -0.497 e. The van der Waals surface area contributed by atoms with Crippen molar-refractivity contribution >= 4 is 27.5 Å². The fourth-order valence-corrected chi connectivity index (χ4v) is 5.57. The number of hydrogen-bond donors (Lipinski definition) is 1. The van der Waals surface area contributed by atoms with Gasteiger partial charge in [0.15, 0.2) is 0 Å². The summed E-state index contributed by atoms with van der Waals surface area (Å²) in [5.41, 5.74) is 1.96. The van der Waals surface area contributed by atoms with E-state index in [1.54, 1.807) is 74.7 Å². The molecule has 3 aromatic rings. The molecule has 10 heteroatoms. The SMILES string of the molecule is CCOc1ccc(N(CC(=O)N(Cc2ccc(OC)cc2)C(C)C(=O)NC(C)C)S(=O)(=O)c2ccc(C)cc2)cc1. The van der Waals surface area contributed by atoms with Gasteiger partial charge in [-0.25, -0.2) is 8.42 Å².